The second kappa shape index (κ2) is 8.16. The number of ether oxygens (including phenoxy) is 1. The fraction of sp³-hybridized carbons (Fsp3) is 0.0667. The summed E-state index contributed by atoms with van der Waals surface area (Å²) in [5, 5.41) is 15.8. The number of benzene rings is 2. The Morgan fingerprint density at radius 1 is 1.32 bits per heavy atom. The number of rotatable bonds is 4. The Hall–Kier alpha value is -2.34. The van der Waals surface area contributed by atoms with Gasteiger partial charge in [0.05, 0.1) is 17.7 Å². The van der Waals surface area contributed by atoms with E-state index in [4.69, 9.17) is 17.0 Å². The molecule has 0 aliphatic carbocycles. The second-order valence-corrected chi connectivity index (χ2v) is 6.33. The number of nitro groups is 1. The molecule has 2 N–H and O–H groups in total. The third-order valence-corrected chi connectivity index (χ3v) is 3.92. The molecule has 2 aromatic carbocycles. The van der Waals surface area contributed by atoms with E-state index in [9.17, 15) is 19.3 Å². The van der Waals surface area contributed by atoms with Gasteiger partial charge < -0.3 is 10.1 Å². The van der Waals surface area contributed by atoms with Gasteiger partial charge in [0.15, 0.2) is 10.9 Å². The summed E-state index contributed by atoms with van der Waals surface area (Å²) in [5.41, 5.74) is -0.233. The minimum atomic E-state index is -0.672. The molecule has 0 atom stereocenters. The highest BCUT2D eigenvalue weighted by molar-refractivity contribution is 14.1. The van der Waals surface area contributed by atoms with Crippen molar-refractivity contribution in [3.05, 3.63) is 61.5 Å². The number of anilines is 1. The molecule has 0 bridgehead atoms. The van der Waals surface area contributed by atoms with Crippen molar-refractivity contribution >= 4 is 57.2 Å². The van der Waals surface area contributed by atoms with Gasteiger partial charge >= 0.3 is 5.69 Å². The Kier molecular flexibility index (Phi) is 6.20. The number of nitrogens with zero attached hydrogens (tertiary/aromatic N) is 1. The fourth-order valence-corrected chi connectivity index (χ4v) is 2.55. The average molecular weight is 475 g/mol. The molecule has 2 aromatic rings. The van der Waals surface area contributed by atoms with Crippen LogP contribution in [0.4, 0.5) is 15.8 Å². The zero-order chi connectivity index (χ0) is 18.6. The highest BCUT2D eigenvalue weighted by Gasteiger charge is 2.19. The van der Waals surface area contributed by atoms with E-state index in [0.29, 0.717) is 3.57 Å². The number of methoxy groups -OCH3 is 1. The standard InChI is InChI=1S/C15H11FIN3O4S/c1-24-13-5-2-8(6-12(13)20(22)23)14(21)19-15(25)18-11-4-3-9(17)7-10(11)16/h2-7H,1H3,(H2,18,19,21,25). The fourth-order valence-electron chi connectivity index (χ4n) is 1.89. The van der Waals surface area contributed by atoms with Gasteiger partial charge in [-0.2, -0.15) is 0 Å². The Balaban J connectivity index is 2.12. The maximum Gasteiger partial charge on any atom is 0.311 e. The van der Waals surface area contributed by atoms with Crippen LogP contribution < -0.4 is 15.4 Å². The number of carbonyl (C=O) groups is 1. The van der Waals surface area contributed by atoms with Crippen LogP contribution in [-0.2, 0) is 0 Å². The van der Waals surface area contributed by atoms with Crippen LogP contribution in [0.1, 0.15) is 10.4 Å². The van der Waals surface area contributed by atoms with Gasteiger partial charge in [0.2, 0.25) is 0 Å². The summed E-state index contributed by atoms with van der Waals surface area (Å²) in [6, 6.07) is 8.19. The maximum absolute atomic E-state index is 13.8. The lowest BCUT2D eigenvalue weighted by Gasteiger charge is -2.11. The van der Waals surface area contributed by atoms with Gasteiger partial charge in [0, 0.05) is 15.2 Å². The first-order chi connectivity index (χ1) is 11.8. The first kappa shape index (κ1) is 19.0. The Morgan fingerprint density at radius 3 is 2.64 bits per heavy atom. The summed E-state index contributed by atoms with van der Waals surface area (Å²) in [6.07, 6.45) is 0. The van der Waals surface area contributed by atoms with Crippen molar-refractivity contribution in [3.63, 3.8) is 0 Å². The number of thiocarbonyl (C=S) groups is 1. The van der Waals surface area contributed by atoms with Crippen molar-refractivity contribution in [2.75, 3.05) is 12.4 Å². The average Bonchev–Trinajstić information content (AvgIpc) is 2.56. The summed E-state index contributed by atoms with van der Waals surface area (Å²) in [5.74, 6) is -1.17. The minimum Gasteiger partial charge on any atom is -0.490 e. The summed E-state index contributed by atoms with van der Waals surface area (Å²) >= 11 is 6.93. The number of nitrogens with one attached hydrogen (secondary N) is 2. The van der Waals surface area contributed by atoms with Gasteiger partial charge in [0.1, 0.15) is 5.82 Å². The van der Waals surface area contributed by atoms with E-state index in [1.165, 1.54) is 31.4 Å². The first-order valence-corrected chi connectivity index (χ1v) is 8.20. The van der Waals surface area contributed by atoms with E-state index in [2.05, 4.69) is 10.6 Å². The Morgan fingerprint density at radius 2 is 2.04 bits per heavy atom. The van der Waals surface area contributed by atoms with Crippen LogP contribution in [0.3, 0.4) is 0 Å². The molecule has 0 radical (unpaired) electrons. The summed E-state index contributed by atoms with van der Waals surface area (Å²) in [7, 11) is 1.29. The van der Waals surface area contributed by atoms with Gasteiger partial charge in [-0.05, 0) is 65.1 Å². The van der Waals surface area contributed by atoms with Crippen LogP contribution in [0.25, 0.3) is 0 Å². The van der Waals surface area contributed by atoms with Gasteiger partial charge in [-0.15, -0.1) is 0 Å². The van der Waals surface area contributed by atoms with Crippen LogP contribution >= 0.6 is 34.8 Å². The van der Waals surface area contributed by atoms with Crippen molar-refractivity contribution in [2.24, 2.45) is 0 Å². The van der Waals surface area contributed by atoms with E-state index < -0.39 is 16.6 Å². The normalized spacial score (nSPS) is 10.0. The highest BCUT2D eigenvalue weighted by Crippen LogP contribution is 2.27. The third-order valence-electron chi connectivity index (χ3n) is 3.04. The quantitative estimate of drug-likeness (QED) is 0.305. The van der Waals surface area contributed by atoms with E-state index >= 15 is 0 Å². The SMILES string of the molecule is COc1ccc(C(=O)NC(=S)Nc2ccc(I)cc2F)cc1[N+](=O)[O-]. The number of halogens is 2. The number of amides is 1. The molecule has 0 unspecified atom stereocenters. The lowest BCUT2D eigenvalue weighted by atomic mass is 10.2. The predicted molar refractivity (Wildman–Crippen MR) is 102 cm³/mol. The molecule has 1 amide bonds. The first-order valence-electron chi connectivity index (χ1n) is 6.71. The zero-order valence-corrected chi connectivity index (χ0v) is 15.7. The van der Waals surface area contributed by atoms with Crippen LogP contribution in [0.5, 0.6) is 5.75 Å². The molecule has 0 aliphatic rings. The Bertz CT molecular complexity index is 863. The Labute approximate surface area is 160 Å². The van der Waals surface area contributed by atoms with Gasteiger partial charge in [-0.25, -0.2) is 4.39 Å². The summed E-state index contributed by atoms with van der Waals surface area (Å²) < 4.78 is 19.3. The van der Waals surface area contributed by atoms with Crippen LogP contribution in [0, 0.1) is 19.5 Å². The van der Waals surface area contributed by atoms with E-state index in [-0.39, 0.29) is 27.8 Å². The second-order valence-electron chi connectivity index (χ2n) is 4.68. The molecule has 130 valence electrons. The number of nitro benzene ring substituents is 1. The molecule has 0 aromatic heterocycles. The van der Waals surface area contributed by atoms with Crippen LogP contribution in [0.2, 0.25) is 0 Å². The van der Waals surface area contributed by atoms with Crippen LogP contribution in [0.15, 0.2) is 36.4 Å². The van der Waals surface area contributed by atoms with E-state index in [1.807, 2.05) is 22.6 Å². The number of hydrogen-bond acceptors (Lipinski definition) is 5. The molecule has 0 heterocycles. The predicted octanol–water partition coefficient (Wildman–Crippen LogP) is 3.47. The van der Waals surface area contributed by atoms with E-state index in [0.717, 1.165) is 6.07 Å². The molecule has 2 rings (SSSR count). The van der Waals surface area contributed by atoms with E-state index in [1.54, 1.807) is 6.07 Å². The van der Waals surface area contributed by atoms with Gasteiger partial charge in [0.25, 0.3) is 5.91 Å². The summed E-state index contributed by atoms with van der Waals surface area (Å²) in [6.45, 7) is 0. The summed E-state index contributed by atoms with van der Waals surface area (Å²) in [4.78, 5) is 22.5. The number of hydrogen-bond donors (Lipinski definition) is 2. The lowest BCUT2D eigenvalue weighted by Crippen LogP contribution is -2.34. The minimum absolute atomic E-state index is 0.0136. The van der Waals surface area contributed by atoms with Crippen molar-refractivity contribution in [1.82, 2.24) is 5.32 Å². The van der Waals surface area contributed by atoms with Gasteiger partial charge in [-0.3, -0.25) is 20.2 Å². The molecular weight excluding hydrogens is 464 g/mol. The molecule has 0 spiro atoms. The monoisotopic (exact) mass is 475 g/mol. The molecule has 0 saturated carbocycles. The molecule has 0 fully saturated rings. The van der Waals surface area contributed by atoms with Crippen molar-refractivity contribution in [3.8, 4) is 5.75 Å². The van der Waals surface area contributed by atoms with Gasteiger partial charge in [-0.1, -0.05) is 0 Å². The molecule has 25 heavy (non-hydrogen) atoms. The highest BCUT2D eigenvalue weighted by atomic mass is 127. The third kappa shape index (κ3) is 4.82. The maximum atomic E-state index is 13.8. The molecular formula is C15H11FIN3O4S. The van der Waals surface area contributed by atoms with Crippen molar-refractivity contribution in [1.29, 1.82) is 0 Å². The molecule has 0 saturated heterocycles. The topological polar surface area (TPSA) is 93.5 Å². The van der Waals surface area contributed by atoms with Crippen molar-refractivity contribution < 1.29 is 18.8 Å². The molecule has 7 nitrogen and oxygen atoms in total. The smallest absolute Gasteiger partial charge is 0.311 e. The number of carbonyl (C=O) groups excluding carboxylic acids is 1. The lowest BCUT2D eigenvalue weighted by molar-refractivity contribution is -0.385. The molecule has 0 aliphatic heterocycles. The largest absolute Gasteiger partial charge is 0.490 e. The zero-order valence-electron chi connectivity index (χ0n) is 12.7. The van der Waals surface area contributed by atoms with Crippen molar-refractivity contribution in [2.45, 2.75) is 0 Å². The van der Waals surface area contributed by atoms with Crippen LogP contribution in [-0.4, -0.2) is 23.1 Å². The molecule has 10 heteroatoms.